The minimum Gasteiger partial charge on any atom is -0.379 e. The predicted octanol–water partition coefficient (Wildman–Crippen LogP) is -0.485. The molecule has 0 unspecified atom stereocenters. The molecule has 0 aliphatic carbocycles. The number of nitrogens with one attached hydrogen (secondary N) is 2. The maximum Gasteiger partial charge on any atom is 0.225 e. The van der Waals surface area contributed by atoms with Gasteiger partial charge in [0.25, 0.3) is 0 Å². The maximum atomic E-state index is 12.3. The molecule has 8 nitrogen and oxygen atoms in total. The molecule has 1 aromatic heterocycles. The van der Waals surface area contributed by atoms with Gasteiger partial charge in [-0.3, -0.25) is 19.6 Å². The number of ether oxygens (including phenoxy) is 1. The molecule has 1 atom stereocenters. The molecule has 3 rings (SSSR count). The number of likely N-dealkylation sites (tertiary alicyclic amines) is 1. The number of aromatic amines is 1. The highest BCUT2D eigenvalue weighted by Gasteiger charge is 2.34. The Balaban J connectivity index is 1.43. The Morgan fingerprint density at radius 1 is 1.42 bits per heavy atom. The van der Waals surface area contributed by atoms with Crippen molar-refractivity contribution in [3.05, 3.63) is 17.5 Å². The van der Waals surface area contributed by atoms with E-state index in [4.69, 9.17) is 4.74 Å². The number of amides is 2. The summed E-state index contributed by atoms with van der Waals surface area (Å²) >= 11 is 0. The summed E-state index contributed by atoms with van der Waals surface area (Å²) < 4.78 is 5.33. The van der Waals surface area contributed by atoms with Crippen molar-refractivity contribution in [2.45, 2.75) is 19.9 Å². The van der Waals surface area contributed by atoms with E-state index in [1.807, 2.05) is 11.8 Å². The fourth-order valence-corrected chi connectivity index (χ4v) is 3.13. The third-order valence-electron chi connectivity index (χ3n) is 4.76. The van der Waals surface area contributed by atoms with Crippen molar-refractivity contribution in [2.24, 2.45) is 5.92 Å². The number of carbonyl (C=O) groups is 2. The van der Waals surface area contributed by atoms with E-state index in [9.17, 15) is 9.59 Å². The van der Waals surface area contributed by atoms with Crippen molar-refractivity contribution in [2.75, 3.05) is 45.9 Å². The predicted molar refractivity (Wildman–Crippen MR) is 87.1 cm³/mol. The average Bonchev–Trinajstić information content (AvgIpc) is 3.17. The van der Waals surface area contributed by atoms with Gasteiger partial charge in [-0.2, -0.15) is 5.10 Å². The number of carbonyl (C=O) groups excluding carboxylic acids is 2. The fourth-order valence-electron chi connectivity index (χ4n) is 3.13. The Morgan fingerprint density at radius 2 is 2.21 bits per heavy atom. The standard InChI is InChI=1S/C16H25N5O3/c1-12-14(10-18-19-12)9-17-16(23)13-8-15(22)21(11-13)3-2-20-4-6-24-7-5-20/h10,13H,2-9,11H2,1H3,(H,17,23)(H,18,19)/t13-/m0/s1. The summed E-state index contributed by atoms with van der Waals surface area (Å²) in [4.78, 5) is 28.5. The van der Waals surface area contributed by atoms with E-state index in [1.54, 1.807) is 6.20 Å². The zero-order chi connectivity index (χ0) is 16.9. The first-order valence-electron chi connectivity index (χ1n) is 8.48. The topological polar surface area (TPSA) is 90.6 Å². The van der Waals surface area contributed by atoms with Crippen LogP contribution < -0.4 is 5.32 Å². The molecule has 1 aromatic rings. The Hall–Kier alpha value is -1.93. The second-order valence-electron chi connectivity index (χ2n) is 6.43. The molecular weight excluding hydrogens is 310 g/mol. The van der Waals surface area contributed by atoms with Gasteiger partial charge < -0.3 is 15.0 Å². The summed E-state index contributed by atoms with van der Waals surface area (Å²) in [6.07, 6.45) is 2.02. The molecule has 0 bridgehead atoms. The van der Waals surface area contributed by atoms with Crippen LogP contribution in [0.15, 0.2) is 6.20 Å². The van der Waals surface area contributed by atoms with Crippen LogP contribution in [0.5, 0.6) is 0 Å². The zero-order valence-corrected chi connectivity index (χ0v) is 14.1. The number of morpholine rings is 1. The molecule has 0 saturated carbocycles. The van der Waals surface area contributed by atoms with Crippen molar-refractivity contribution >= 4 is 11.8 Å². The minimum absolute atomic E-state index is 0.0576. The molecule has 0 radical (unpaired) electrons. The Labute approximate surface area is 141 Å². The number of aromatic nitrogens is 2. The van der Waals surface area contributed by atoms with Crippen LogP contribution in [-0.2, 0) is 20.9 Å². The normalized spacial score (nSPS) is 22.1. The molecule has 2 saturated heterocycles. The minimum atomic E-state index is -0.255. The van der Waals surface area contributed by atoms with E-state index >= 15 is 0 Å². The molecule has 2 fully saturated rings. The third kappa shape index (κ3) is 4.12. The average molecular weight is 335 g/mol. The number of rotatable bonds is 6. The molecule has 132 valence electrons. The SMILES string of the molecule is Cc1[nH]ncc1CNC(=O)[C@H]1CC(=O)N(CCN2CCOCC2)C1. The fraction of sp³-hybridized carbons (Fsp3) is 0.688. The number of H-pyrrole nitrogens is 1. The van der Waals surface area contributed by atoms with E-state index in [2.05, 4.69) is 20.4 Å². The van der Waals surface area contributed by atoms with Gasteiger partial charge in [0, 0.05) is 56.9 Å². The molecule has 2 aliphatic rings. The highest BCUT2D eigenvalue weighted by Crippen LogP contribution is 2.18. The summed E-state index contributed by atoms with van der Waals surface area (Å²) in [5.74, 6) is -0.241. The molecule has 0 spiro atoms. The molecule has 24 heavy (non-hydrogen) atoms. The lowest BCUT2D eigenvalue weighted by atomic mass is 10.1. The van der Waals surface area contributed by atoms with Gasteiger partial charge >= 0.3 is 0 Å². The van der Waals surface area contributed by atoms with Crippen molar-refractivity contribution in [1.29, 1.82) is 0 Å². The van der Waals surface area contributed by atoms with Gasteiger partial charge in [0.05, 0.1) is 25.3 Å². The number of hydrogen-bond donors (Lipinski definition) is 2. The zero-order valence-electron chi connectivity index (χ0n) is 14.1. The lowest BCUT2D eigenvalue weighted by Crippen LogP contribution is -2.42. The third-order valence-corrected chi connectivity index (χ3v) is 4.76. The van der Waals surface area contributed by atoms with E-state index in [0.717, 1.165) is 44.1 Å². The van der Waals surface area contributed by atoms with Gasteiger partial charge in [-0.1, -0.05) is 0 Å². The second kappa shape index (κ2) is 7.76. The van der Waals surface area contributed by atoms with Crippen LogP contribution in [0.4, 0.5) is 0 Å². The summed E-state index contributed by atoms with van der Waals surface area (Å²) in [5, 5.41) is 9.69. The first-order chi connectivity index (χ1) is 11.6. The van der Waals surface area contributed by atoms with Crippen molar-refractivity contribution < 1.29 is 14.3 Å². The lowest BCUT2D eigenvalue weighted by molar-refractivity contribution is -0.129. The van der Waals surface area contributed by atoms with Crippen LogP contribution in [-0.4, -0.2) is 77.7 Å². The summed E-state index contributed by atoms with van der Waals surface area (Å²) in [7, 11) is 0. The van der Waals surface area contributed by atoms with E-state index in [-0.39, 0.29) is 17.7 Å². The van der Waals surface area contributed by atoms with Gasteiger partial charge in [0.1, 0.15) is 0 Å². The van der Waals surface area contributed by atoms with E-state index in [0.29, 0.717) is 26.1 Å². The summed E-state index contributed by atoms with van der Waals surface area (Å²) in [6, 6.07) is 0. The monoisotopic (exact) mass is 335 g/mol. The van der Waals surface area contributed by atoms with Crippen LogP contribution in [0.1, 0.15) is 17.7 Å². The van der Waals surface area contributed by atoms with E-state index in [1.165, 1.54) is 0 Å². The molecule has 2 aliphatic heterocycles. The van der Waals surface area contributed by atoms with Crippen LogP contribution in [0.2, 0.25) is 0 Å². The maximum absolute atomic E-state index is 12.3. The first kappa shape index (κ1) is 16.9. The van der Waals surface area contributed by atoms with Gasteiger partial charge in [-0.15, -0.1) is 0 Å². The van der Waals surface area contributed by atoms with E-state index < -0.39 is 0 Å². The van der Waals surface area contributed by atoms with Gasteiger partial charge in [-0.25, -0.2) is 0 Å². The smallest absolute Gasteiger partial charge is 0.225 e. The van der Waals surface area contributed by atoms with Gasteiger partial charge in [-0.05, 0) is 6.92 Å². The van der Waals surface area contributed by atoms with Gasteiger partial charge in [0.2, 0.25) is 11.8 Å². The summed E-state index contributed by atoms with van der Waals surface area (Å²) in [6.45, 7) is 7.74. The Kier molecular flexibility index (Phi) is 5.47. The molecular formula is C16H25N5O3. The van der Waals surface area contributed by atoms with Crippen molar-refractivity contribution in [3.8, 4) is 0 Å². The highest BCUT2D eigenvalue weighted by molar-refractivity contribution is 5.89. The van der Waals surface area contributed by atoms with Gasteiger partial charge in [0.15, 0.2) is 0 Å². The molecule has 2 amide bonds. The Bertz CT molecular complexity index is 582. The number of hydrogen-bond acceptors (Lipinski definition) is 5. The lowest BCUT2D eigenvalue weighted by Gasteiger charge is -2.28. The molecule has 2 N–H and O–H groups in total. The molecule has 3 heterocycles. The van der Waals surface area contributed by atoms with Crippen molar-refractivity contribution in [3.63, 3.8) is 0 Å². The highest BCUT2D eigenvalue weighted by atomic mass is 16.5. The quantitative estimate of drug-likeness (QED) is 0.732. The van der Waals surface area contributed by atoms with Crippen LogP contribution in [0.25, 0.3) is 0 Å². The molecule has 0 aromatic carbocycles. The van der Waals surface area contributed by atoms with Crippen LogP contribution in [0.3, 0.4) is 0 Å². The summed E-state index contributed by atoms with van der Waals surface area (Å²) in [5.41, 5.74) is 1.92. The Morgan fingerprint density at radius 3 is 2.92 bits per heavy atom. The largest absolute Gasteiger partial charge is 0.379 e. The van der Waals surface area contributed by atoms with Crippen LogP contribution >= 0.6 is 0 Å². The number of aryl methyl sites for hydroxylation is 1. The van der Waals surface area contributed by atoms with Crippen molar-refractivity contribution in [1.82, 2.24) is 25.3 Å². The molecule has 8 heteroatoms. The van der Waals surface area contributed by atoms with Crippen LogP contribution in [0, 0.1) is 12.8 Å². The number of nitrogens with zero attached hydrogens (tertiary/aromatic N) is 3. The first-order valence-corrected chi connectivity index (χ1v) is 8.48. The second-order valence-corrected chi connectivity index (χ2v) is 6.43.